The Morgan fingerprint density at radius 3 is 2.96 bits per heavy atom. The molecule has 1 aliphatic heterocycles. The molecule has 1 atom stereocenters. The van der Waals surface area contributed by atoms with E-state index in [4.69, 9.17) is 21.1 Å². The average molecular weight is 401 g/mol. The molecule has 1 heterocycles. The van der Waals surface area contributed by atoms with E-state index < -0.39 is 11.9 Å². The third-order valence-corrected chi connectivity index (χ3v) is 4.28. The zero-order chi connectivity index (χ0) is 16.6. The number of benzene rings is 2. The van der Waals surface area contributed by atoms with Crippen molar-refractivity contribution >= 4 is 39.1 Å². The van der Waals surface area contributed by atoms with Gasteiger partial charge in [-0.25, -0.2) is 4.39 Å². The molecule has 1 aliphatic rings. The van der Waals surface area contributed by atoms with Crippen molar-refractivity contribution in [2.45, 2.75) is 12.5 Å². The highest BCUT2D eigenvalue weighted by molar-refractivity contribution is 9.10. The number of methoxy groups -OCH3 is 1. The van der Waals surface area contributed by atoms with E-state index in [1.54, 1.807) is 18.2 Å². The number of hydrogen-bond donors (Lipinski definition) is 1. The molecule has 0 aliphatic carbocycles. The Bertz CT molecular complexity index is 784. The molecular weight excluding hydrogens is 389 g/mol. The lowest BCUT2D eigenvalue weighted by atomic mass is 10.1. The first-order chi connectivity index (χ1) is 11.0. The Labute approximate surface area is 145 Å². The van der Waals surface area contributed by atoms with Crippen molar-refractivity contribution in [1.82, 2.24) is 0 Å². The highest BCUT2D eigenvalue weighted by Crippen LogP contribution is 2.35. The summed E-state index contributed by atoms with van der Waals surface area (Å²) >= 11 is 9.14. The van der Waals surface area contributed by atoms with E-state index in [9.17, 15) is 9.18 Å². The Morgan fingerprint density at radius 2 is 2.22 bits per heavy atom. The Balaban J connectivity index is 1.79. The van der Waals surface area contributed by atoms with Crippen LogP contribution >= 0.6 is 27.5 Å². The topological polar surface area (TPSA) is 47.6 Å². The molecule has 1 unspecified atom stereocenters. The fraction of sp³-hybridized carbons (Fsp3) is 0.188. The van der Waals surface area contributed by atoms with Crippen LogP contribution in [0.5, 0.6) is 11.5 Å². The summed E-state index contributed by atoms with van der Waals surface area (Å²) in [7, 11) is 1.44. The third-order valence-electron chi connectivity index (χ3n) is 3.46. The first-order valence-electron chi connectivity index (χ1n) is 6.77. The normalized spacial score (nSPS) is 15.7. The lowest BCUT2D eigenvalue weighted by Gasteiger charge is -2.15. The maximum Gasteiger partial charge on any atom is 0.265 e. The van der Waals surface area contributed by atoms with Crippen molar-refractivity contribution < 1.29 is 18.7 Å². The SMILES string of the molecule is COc1c(Br)cc(F)cc1NC(=O)C1Cc2cc(Cl)ccc2O1. The van der Waals surface area contributed by atoms with E-state index in [1.807, 2.05) is 0 Å². The summed E-state index contributed by atoms with van der Waals surface area (Å²) in [5, 5.41) is 3.23. The minimum Gasteiger partial charge on any atom is -0.493 e. The third kappa shape index (κ3) is 3.28. The quantitative estimate of drug-likeness (QED) is 0.840. The molecule has 4 nitrogen and oxygen atoms in total. The van der Waals surface area contributed by atoms with Crippen LogP contribution in [0.1, 0.15) is 5.56 Å². The van der Waals surface area contributed by atoms with Gasteiger partial charge in [-0.3, -0.25) is 4.79 Å². The van der Waals surface area contributed by atoms with Gasteiger partial charge in [0.05, 0.1) is 17.3 Å². The summed E-state index contributed by atoms with van der Waals surface area (Å²) in [6.45, 7) is 0. The van der Waals surface area contributed by atoms with Crippen molar-refractivity contribution in [1.29, 1.82) is 0 Å². The molecule has 0 bridgehead atoms. The molecule has 0 fully saturated rings. The van der Waals surface area contributed by atoms with Crippen molar-refractivity contribution in [3.05, 3.63) is 51.2 Å². The van der Waals surface area contributed by atoms with Crippen LogP contribution in [-0.4, -0.2) is 19.1 Å². The second-order valence-electron chi connectivity index (χ2n) is 5.02. The van der Waals surface area contributed by atoms with Gasteiger partial charge in [-0.15, -0.1) is 0 Å². The predicted octanol–water partition coefficient (Wildman–Crippen LogP) is 4.19. The van der Waals surface area contributed by atoms with Gasteiger partial charge in [0.2, 0.25) is 0 Å². The van der Waals surface area contributed by atoms with Gasteiger partial charge >= 0.3 is 0 Å². The van der Waals surface area contributed by atoms with Gasteiger partial charge in [0.25, 0.3) is 5.91 Å². The Kier molecular flexibility index (Phi) is 4.46. The molecular formula is C16H12BrClFNO3. The number of amides is 1. The Morgan fingerprint density at radius 1 is 1.43 bits per heavy atom. The molecule has 7 heteroatoms. The second kappa shape index (κ2) is 6.37. The van der Waals surface area contributed by atoms with Crippen molar-refractivity contribution in [2.24, 2.45) is 0 Å². The zero-order valence-corrected chi connectivity index (χ0v) is 14.4. The lowest BCUT2D eigenvalue weighted by molar-refractivity contribution is -0.122. The number of anilines is 1. The van der Waals surface area contributed by atoms with Gasteiger partial charge in [0.15, 0.2) is 11.9 Å². The summed E-state index contributed by atoms with van der Waals surface area (Å²) in [6, 6.07) is 7.65. The molecule has 0 saturated heterocycles. The van der Waals surface area contributed by atoms with Gasteiger partial charge in [-0.2, -0.15) is 0 Å². The van der Waals surface area contributed by atoms with Gasteiger partial charge in [-0.05, 0) is 45.8 Å². The van der Waals surface area contributed by atoms with Crippen LogP contribution in [0.4, 0.5) is 10.1 Å². The molecule has 0 spiro atoms. The highest BCUT2D eigenvalue weighted by atomic mass is 79.9. The van der Waals surface area contributed by atoms with E-state index in [-0.39, 0.29) is 11.6 Å². The molecule has 2 aromatic carbocycles. The summed E-state index contributed by atoms with van der Waals surface area (Å²) in [4.78, 5) is 12.4. The number of carbonyl (C=O) groups excluding carboxylic acids is 1. The van der Waals surface area contributed by atoms with Crippen LogP contribution in [-0.2, 0) is 11.2 Å². The number of fused-ring (bicyclic) bond motifs is 1. The van der Waals surface area contributed by atoms with Crippen LogP contribution in [0.3, 0.4) is 0 Å². The molecule has 1 N–H and O–H groups in total. The largest absolute Gasteiger partial charge is 0.493 e. The number of hydrogen-bond acceptors (Lipinski definition) is 3. The molecule has 0 aromatic heterocycles. The van der Waals surface area contributed by atoms with Gasteiger partial charge in [-0.1, -0.05) is 11.6 Å². The second-order valence-corrected chi connectivity index (χ2v) is 6.31. The van der Waals surface area contributed by atoms with Crippen molar-refractivity contribution in [3.63, 3.8) is 0 Å². The molecule has 2 aromatic rings. The van der Waals surface area contributed by atoms with E-state index in [2.05, 4.69) is 21.2 Å². The van der Waals surface area contributed by atoms with E-state index in [0.717, 1.165) is 5.56 Å². The van der Waals surface area contributed by atoms with Gasteiger partial charge < -0.3 is 14.8 Å². The summed E-state index contributed by atoms with van der Waals surface area (Å²) < 4.78 is 24.8. The number of carbonyl (C=O) groups is 1. The molecule has 1 amide bonds. The summed E-state index contributed by atoms with van der Waals surface area (Å²) in [5.74, 6) is 0.101. The van der Waals surface area contributed by atoms with E-state index in [0.29, 0.717) is 27.4 Å². The van der Waals surface area contributed by atoms with E-state index in [1.165, 1.54) is 19.2 Å². The first kappa shape index (κ1) is 16.1. The minimum atomic E-state index is -0.699. The maximum atomic E-state index is 13.5. The number of halogens is 3. The predicted molar refractivity (Wildman–Crippen MR) is 88.9 cm³/mol. The minimum absolute atomic E-state index is 0.238. The molecule has 120 valence electrons. The summed E-state index contributed by atoms with van der Waals surface area (Å²) in [5.41, 5.74) is 1.10. The van der Waals surface area contributed by atoms with Crippen LogP contribution in [0.25, 0.3) is 0 Å². The fourth-order valence-corrected chi connectivity index (χ4v) is 3.23. The first-order valence-corrected chi connectivity index (χ1v) is 7.94. The Hall–Kier alpha value is -1.79. The van der Waals surface area contributed by atoms with Crippen LogP contribution in [0, 0.1) is 5.82 Å². The molecule has 0 radical (unpaired) electrons. The number of nitrogens with one attached hydrogen (secondary N) is 1. The van der Waals surface area contributed by atoms with Gasteiger partial charge in [0, 0.05) is 17.5 Å². The van der Waals surface area contributed by atoms with Gasteiger partial charge in [0.1, 0.15) is 11.6 Å². The maximum absolute atomic E-state index is 13.5. The van der Waals surface area contributed by atoms with E-state index >= 15 is 0 Å². The van der Waals surface area contributed by atoms with Crippen molar-refractivity contribution in [3.8, 4) is 11.5 Å². The standard InChI is InChI=1S/C16H12BrClFNO3/c1-22-15-11(17)6-10(19)7-12(15)20-16(21)14-5-8-4-9(18)2-3-13(8)23-14/h2-4,6-7,14H,5H2,1H3,(H,20,21). The molecule has 0 saturated carbocycles. The zero-order valence-electron chi connectivity index (χ0n) is 12.0. The smallest absolute Gasteiger partial charge is 0.265 e. The molecule has 3 rings (SSSR count). The molecule has 23 heavy (non-hydrogen) atoms. The lowest BCUT2D eigenvalue weighted by Crippen LogP contribution is -2.31. The highest BCUT2D eigenvalue weighted by Gasteiger charge is 2.30. The average Bonchev–Trinajstić information content (AvgIpc) is 2.90. The number of ether oxygens (including phenoxy) is 2. The van der Waals surface area contributed by atoms with Crippen LogP contribution < -0.4 is 14.8 Å². The van der Waals surface area contributed by atoms with Crippen LogP contribution in [0.15, 0.2) is 34.8 Å². The fourth-order valence-electron chi connectivity index (χ4n) is 2.44. The summed E-state index contributed by atoms with van der Waals surface area (Å²) in [6.07, 6.45) is -0.296. The van der Waals surface area contributed by atoms with Crippen molar-refractivity contribution in [2.75, 3.05) is 12.4 Å². The number of rotatable bonds is 3. The van der Waals surface area contributed by atoms with Crippen LogP contribution in [0.2, 0.25) is 5.02 Å². The monoisotopic (exact) mass is 399 g/mol.